The van der Waals surface area contributed by atoms with Gasteiger partial charge in [0.15, 0.2) is 0 Å². The largest absolute Gasteiger partial charge is 0.340 e. The number of benzene rings is 3. The van der Waals surface area contributed by atoms with Crippen molar-refractivity contribution in [3.8, 4) is 11.3 Å². The number of nitrogens with zero attached hydrogens (tertiary/aromatic N) is 3. The Balaban J connectivity index is 1.58. The van der Waals surface area contributed by atoms with Gasteiger partial charge < -0.3 is 10.2 Å². The minimum Gasteiger partial charge on any atom is -0.340 e. The monoisotopic (exact) mass is 424 g/mol. The molecule has 1 aliphatic heterocycles. The van der Waals surface area contributed by atoms with Gasteiger partial charge in [-0.3, -0.25) is 9.48 Å². The topological polar surface area (TPSA) is 50.2 Å². The van der Waals surface area contributed by atoms with Crippen LogP contribution in [0.25, 0.3) is 22.2 Å². The summed E-state index contributed by atoms with van der Waals surface area (Å²) in [6, 6.07) is 26.8. The molecule has 32 heavy (non-hydrogen) atoms. The van der Waals surface area contributed by atoms with Gasteiger partial charge in [-0.1, -0.05) is 72.3 Å². The zero-order chi connectivity index (χ0) is 21.9. The molecule has 0 radical (unpaired) electrons. The summed E-state index contributed by atoms with van der Waals surface area (Å²) in [6.07, 6.45) is 0. The number of fused-ring (bicyclic) bond motifs is 1. The molecule has 1 unspecified atom stereocenters. The standard InChI is InChI=1S/C27H28N4O/c1-20-12-13-25-23(18-20)26(22-10-6-3-7-11-22)29-31(25)19-24(21-8-4-2-5-9-21)27(32)30-16-14-28-15-17-30/h2-13,18,24,28H,14-17,19H2,1H3. The number of aryl methyl sites for hydroxylation is 1. The molecule has 5 nitrogen and oxygen atoms in total. The average Bonchev–Trinajstić information content (AvgIpc) is 3.21. The van der Waals surface area contributed by atoms with Crippen molar-refractivity contribution in [2.45, 2.75) is 19.4 Å². The van der Waals surface area contributed by atoms with Crippen molar-refractivity contribution in [2.75, 3.05) is 26.2 Å². The lowest BCUT2D eigenvalue weighted by atomic mass is 9.97. The van der Waals surface area contributed by atoms with Crippen molar-refractivity contribution in [3.63, 3.8) is 0 Å². The Hall–Kier alpha value is -3.44. The van der Waals surface area contributed by atoms with E-state index in [1.54, 1.807) is 0 Å². The molecule has 0 bridgehead atoms. The van der Waals surface area contributed by atoms with Crippen LogP contribution in [-0.2, 0) is 11.3 Å². The minimum absolute atomic E-state index is 0.176. The van der Waals surface area contributed by atoms with Crippen LogP contribution in [0.1, 0.15) is 17.0 Å². The van der Waals surface area contributed by atoms with Gasteiger partial charge in [0.25, 0.3) is 0 Å². The maximum Gasteiger partial charge on any atom is 0.232 e. The van der Waals surface area contributed by atoms with Crippen molar-refractivity contribution in [1.82, 2.24) is 20.0 Å². The Bertz CT molecular complexity index is 1210. The van der Waals surface area contributed by atoms with Gasteiger partial charge in [-0.25, -0.2) is 0 Å². The molecule has 1 fully saturated rings. The van der Waals surface area contributed by atoms with Gasteiger partial charge in [-0.2, -0.15) is 5.10 Å². The lowest BCUT2D eigenvalue weighted by Crippen LogP contribution is -2.48. The van der Waals surface area contributed by atoms with E-state index in [1.165, 1.54) is 5.56 Å². The molecule has 0 aliphatic carbocycles. The van der Waals surface area contributed by atoms with Gasteiger partial charge in [-0.05, 0) is 24.6 Å². The zero-order valence-corrected chi connectivity index (χ0v) is 18.4. The molecule has 1 saturated heterocycles. The highest BCUT2D eigenvalue weighted by atomic mass is 16.2. The molecule has 1 N–H and O–H groups in total. The summed E-state index contributed by atoms with van der Waals surface area (Å²) in [5.74, 6) is -0.1000. The third-order valence-electron chi connectivity index (χ3n) is 6.24. The molecule has 1 aromatic heterocycles. The van der Waals surface area contributed by atoms with Gasteiger partial charge in [0, 0.05) is 37.1 Å². The highest BCUT2D eigenvalue weighted by Gasteiger charge is 2.28. The van der Waals surface area contributed by atoms with E-state index in [0.29, 0.717) is 6.54 Å². The normalized spacial score (nSPS) is 15.1. The molecule has 162 valence electrons. The molecular weight excluding hydrogens is 396 g/mol. The maximum atomic E-state index is 13.6. The summed E-state index contributed by atoms with van der Waals surface area (Å²) >= 11 is 0. The Morgan fingerprint density at radius 1 is 0.969 bits per heavy atom. The number of carbonyl (C=O) groups is 1. The van der Waals surface area contributed by atoms with Gasteiger partial charge in [-0.15, -0.1) is 0 Å². The van der Waals surface area contributed by atoms with E-state index in [-0.39, 0.29) is 11.8 Å². The molecule has 1 aliphatic rings. The molecule has 1 atom stereocenters. The third kappa shape index (κ3) is 4.04. The fourth-order valence-corrected chi connectivity index (χ4v) is 4.53. The maximum absolute atomic E-state index is 13.6. The smallest absolute Gasteiger partial charge is 0.232 e. The summed E-state index contributed by atoms with van der Waals surface area (Å²) in [7, 11) is 0. The van der Waals surface area contributed by atoms with Crippen molar-refractivity contribution in [2.24, 2.45) is 0 Å². The fourth-order valence-electron chi connectivity index (χ4n) is 4.53. The predicted octanol–water partition coefficient (Wildman–Crippen LogP) is 4.23. The number of nitrogens with one attached hydrogen (secondary N) is 1. The fraction of sp³-hybridized carbons (Fsp3) is 0.259. The number of rotatable bonds is 5. The second kappa shape index (κ2) is 8.97. The molecule has 4 aromatic rings. The second-order valence-corrected chi connectivity index (χ2v) is 8.46. The summed E-state index contributed by atoms with van der Waals surface area (Å²) in [5.41, 5.74) is 5.35. The van der Waals surface area contributed by atoms with E-state index in [0.717, 1.165) is 53.9 Å². The predicted molar refractivity (Wildman–Crippen MR) is 129 cm³/mol. The second-order valence-electron chi connectivity index (χ2n) is 8.46. The van der Waals surface area contributed by atoms with E-state index in [9.17, 15) is 4.79 Å². The van der Waals surface area contributed by atoms with E-state index in [4.69, 9.17) is 5.10 Å². The molecule has 0 saturated carbocycles. The first kappa shape index (κ1) is 20.5. The lowest BCUT2D eigenvalue weighted by Gasteiger charge is -2.31. The quantitative estimate of drug-likeness (QED) is 0.522. The van der Waals surface area contributed by atoms with E-state index in [2.05, 4.69) is 54.7 Å². The van der Waals surface area contributed by atoms with E-state index < -0.39 is 0 Å². The van der Waals surface area contributed by atoms with Crippen LogP contribution in [0.2, 0.25) is 0 Å². The van der Waals surface area contributed by atoms with Gasteiger partial charge in [0.2, 0.25) is 5.91 Å². The molecule has 2 heterocycles. The van der Waals surface area contributed by atoms with E-state index >= 15 is 0 Å². The van der Waals surface area contributed by atoms with Crippen molar-refractivity contribution in [3.05, 3.63) is 90.0 Å². The van der Waals surface area contributed by atoms with Gasteiger partial charge in [0.05, 0.1) is 18.0 Å². The number of hydrogen-bond acceptors (Lipinski definition) is 3. The molecule has 5 rings (SSSR count). The van der Waals surface area contributed by atoms with Crippen LogP contribution in [0, 0.1) is 6.92 Å². The molecule has 0 spiro atoms. The molecule has 5 heteroatoms. The summed E-state index contributed by atoms with van der Waals surface area (Å²) < 4.78 is 2.02. The van der Waals surface area contributed by atoms with Crippen LogP contribution in [0.15, 0.2) is 78.9 Å². The third-order valence-corrected chi connectivity index (χ3v) is 6.24. The van der Waals surface area contributed by atoms with Gasteiger partial charge in [0.1, 0.15) is 5.69 Å². The minimum atomic E-state index is -0.276. The Morgan fingerprint density at radius 2 is 1.66 bits per heavy atom. The highest BCUT2D eigenvalue weighted by Crippen LogP contribution is 2.31. The molecule has 3 aromatic carbocycles. The van der Waals surface area contributed by atoms with Crippen LogP contribution in [0.3, 0.4) is 0 Å². The first-order valence-electron chi connectivity index (χ1n) is 11.3. The van der Waals surface area contributed by atoms with E-state index in [1.807, 2.05) is 46.0 Å². The average molecular weight is 425 g/mol. The Labute approximate surface area is 188 Å². The van der Waals surface area contributed by atoms with Crippen LogP contribution < -0.4 is 5.32 Å². The Morgan fingerprint density at radius 3 is 2.38 bits per heavy atom. The van der Waals surface area contributed by atoms with Crippen LogP contribution >= 0.6 is 0 Å². The SMILES string of the molecule is Cc1ccc2c(c1)c(-c1ccccc1)nn2CC(C(=O)N1CCNCC1)c1ccccc1. The van der Waals surface area contributed by atoms with Gasteiger partial charge >= 0.3 is 0 Å². The summed E-state index contributed by atoms with van der Waals surface area (Å²) in [5, 5.41) is 9.49. The number of hydrogen-bond donors (Lipinski definition) is 1. The van der Waals surface area contributed by atoms with Crippen molar-refractivity contribution in [1.29, 1.82) is 0 Å². The van der Waals surface area contributed by atoms with Crippen LogP contribution in [0.5, 0.6) is 0 Å². The summed E-state index contributed by atoms with van der Waals surface area (Å²) in [6.45, 7) is 5.79. The Kier molecular flexibility index (Phi) is 5.73. The zero-order valence-electron chi connectivity index (χ0n) is 18.4. The highest BCUT2D eigenvalue weighted by molar-refractivity contribution is 5.94. The number of piperazine rings is 1. The van der Waals surface area contributed by atoms with Crippen molar-refractivity contribution >= 4 is 16.8 Å². The number of amides is 1. The van der Waals surface area contributed by atoms with Crippen LogP contribution in [-0.4, -0.2) is 46.8 Å². The molecule has 1 amide bonds. The summed E-state index contributed by atoms with van der Waals surface area (Å²) in [4.78, 5) is 15.6. The first-order valence-corrected chi connectivity index (χ1v) is 11.3. The number of carbonyl (C=O) groups excluding carboxylic acids is 1. The molecular formula is C27H28N4O. The first-order chi connectivity index (χ1) is 15.7. The van der Waals surface area contributed by atoms with Crippen molar-refractivity contribution < 1.29 is 4.79 Å². The lowest BCUT2D eigenvalue weighted by molar-refractivity contribution is -0.133. The van der Waals surface area contributed by atoms with Crippen LogP contribution in [0.4, 0.5) is 0 Å². The number of aromatic nitrogens is 2.